The fraction of sp³-hybridized carbons (Fsp3) is 0.333. The van der Waals surface area contributed by atoms with Crippen molar-refractivity contribution in [1.29, 1.82) is 0 Å². The molecule has 3 heterocycles. The van der Waals surface area contributed by atoms with Crippen LogP contribution in [-0.4, -0.2) is 38.6 Å². The Kier molecular flexibility index (Phi) is 3.85. The summed E-state index contributed by atoms with van der Waals surface area (Å²) in [5, 5.41) is 0. The highest BCUT2D eigenvalue weighted by Gasteiger charge is 2.30. The molecule has 0 aromatic heterocycles. The van der Waals surface area contributed by atoms with E-state index in [2.05, 4.69) is 23.1 Å². The molecule has 0 radical (unpaired) electrons. The van der Waals surface area contributed by atoms with Gasteiger partial charge in [0.15, 0.2) is 23.0 Å². The van der Waals surface area contributed by atoms with Gasteiger partial charge in [-0.05, 0) is 41.8 Å². The second-order valence-corrected chi connectivity index (χ2v) is 6.77. The van der Waals surface area contributed by atoms with Crippen molar-refractivity contribution in [2.24, 2.45) is 0 Å². The Morgan fingerprint density at radius 3 is 2.85 bits per heavy atom. The molecule has 0 atom stereocenters. The van der Waals surface area contributed by atoms with Crippen molar-refractivity contribution >= 4 is 11.8 Å². The van der Waals surface area contributed by atoms with Gasteiger partial charge in [0.25, 0.3) is 0 Å². The van der Waals surface area contributed by atoms with E-state index in [4.69, 9.17) is 18.9 Å². The molecule has 3 aliphatic rings. The highest BCUT2D eigenvalue weighted by atomic mass is 19.1. The van der Waals surface area contributed by atoms with Crippen LogP contribution in [0.3, 0.4) is 0 Å². The van der Waals surface area contributed by atoms with E-state index in [1.807, 2.05) is 12.1 Å². The molecule has 0 spiro atoms. The van der Waals surface area contributed by atoms with Crippen LogP contribution in [0.2, 0.25) is 0 Å². The molecular weight excluding hydrogens is 349 g/mol. The summed E-state index contributed by atoms with van der Waals surface area (Å²) in [4.78, 5) is 2.33. The Morgan fingerprint density at radius 2 is 2.04 bits per heavy atom. The third-order valence-corrected chi connectivity index (χ3v) is 5.31. The van der Waals surface area contributed by atoms with Gasteiger partial charge in [0.05, 0.1) is 7.11 Å². The van der Waals surface area contributed by atoms with Gasteiger partial charge in [0.2, 0.25) is 6.79 Å². The lowest BCUT2D eigenvalue weighted by molar-refractivity contribution is 0.174. The third-order valence-electron chi connectivity index (χ3n) is 5.31. The second kappa shape index (κ2) is 6.37. The Bertz CT molecular complexity index is 940. The van der Waals surface area contributed by atoms with E-state index in [9.17, 15) is 4.39 Å². The zero-order valence-corrected chi connectivity index (χ0v) is 15.1. The van der Waals surface area contributed by atoms with Gasteiger partial charge in [-0.2, -0.15) is 0 Å². The molecule has 0 saturated heterocycles. The number of alkyl halides is 1. The first-order valence-electron chi connectivity index (χ1n) is 9.06. The molecule has 0 saturated carbocycles. The van der Waals surface area contributed by atoms with Crippen LogP contribution in [0.5, 0.6) is 23.0 Å². The number of methoxy groups -OCH3 is 1. The van der Waals surface area contributed by atoms with Crippen LogP contribution in [0.1, 0.15) is 22.3 Å². The van der Waals surface area contributed by atoms with Crippen molar-refractivity contribution in [3.63, 3.8) is 0 Å². The van der Waals surface area contributed by atoms with Gasteiger partial charge in [-0.3, -0.25) is 0 Å². The van der Waals surface area contributed by atoms with Crippen molar-refractivity contribution < 1.29 is 23.3 Å². The zero-order chi connectivity index (χ0) is 18.4. The Morgan fingerprint density at radius 1 is 1.19 bits per heavy atom. The highest BCUT2D eigenvalue weighted by Crippen LogP contribution is 2.45. The van der Waals surface area contributed by atoms with Crippen LogP contribution in [0.15, 0.2) is 24.3 Å². The van der Waals surface area contributed by atoms with Gasteiger partial charge in [0, 0.05) is 29.9 Å². The number of hydrogen-bond donors (Lipinski definition) is 0. The number of halogens is 1. The van der Waals surface area contributed by atoms with Crippen LogP contribution in [-0.2, 0) is 13.0 Å². The van der Waals surface area contributed by atoms with Crippen molar-refractivity contribution in [3.8, 4) is 23.0 Å². The number of ether oxygens (including phenoxy) is 4. The lowest BCUT2D eigenvalue weighted by Crippen LogP contribution is -2.31. The highest BCUT2D eigenvalue weighted by molar-refractivity contribution is 5.87. The number of nitrogens with zero attached hydrogens (tertiary/aromatic N) is 1. The van der Waals surface area contributed by atoms with Crippen LogP contribution in [0.25, 0.3) is 11.8 Å². The largest absolute Gasteiger partial charge is 0.493 e. The van der Waals surface area contributed by atoms with Crippen molar-refractivity contribution in [3.05, 3.63) is 46.5 Å². The summed E-state index contributed by atoms with van der Waals surface area (Å²) in [6, 6.07) is 8.07. The first-order valence-corrected chi connectivity index (χ1v) is 9.06. The van der Waals surface area contributed by atoms with E-state index in [0.29, 0.717) is 18.0 Å². The molecule has 0 aliphatic carbocycles. The molecule has 27 heavy (non-hydrogen) atoms. The molecule has 0 fully saturated rings. The maximum atomic E-state index is 12.7. The number of fused-ring (bicyclic) bond motifs is 5. The zero-order valence-electron chi connectivity index (χ0n) is 15.1. The predicted molar refractivity (Wildman–Crippen MR) is 99.0 cm³/mol. The first kappa shape index (κ1) is 16.3. The lowest BCUT2D eigenvalue weighted by atomic mass is 9.90. The molecule has 6 heteroatoms. The number of hydrogen-bond acceptors (Lipinski definition) is 5. The van der Waals surface area contributed by atoms with E-state index in [1.165, 1.54) is 16.8 Å². The Labute approximate surface area is 156 Å². The predicted octanol–water partition coefficient (Wildman–Crippen LogP) is 3.64. The Balaban J connectivity index is 1.61. The molecule has 0 amide bonds. The van der Waals surface area contributed by atoms with Crippen LogP contribution < -0.4 is 18.9 Å². The Hall–Kier alpha value is -2.89. The molecule has 3 aliphatic heterocycles. The first-order chi connectivity index (χ1) is 13.3. The average molecular weight is 369 g/mol. The van der Waals surface area contributed by atoms with Crippen molar-refractivity contribution in [2.75, 3.05) is 33.7 Å². The standard InChI is InChI=1S/C21H20FNO4/c1-24-18-3-2-13-8-17-15-10-20-19(26-12-27-20)9-14(15)4-6-23(17)11-16(13)21(18)25-7-5-22/h2-3,8-10H,4-7,11-12H2,1H3. The van der Waals surface area contributed by atoms with E-state index in [-0.39, 0.29) is 13.4 Å². The van der Waals surface area contributed by atoms with Crippen molar-refractivity contribution in [2.45, 2.75) is 13.0 Å². The van der Waals surface area contributed by atoms with Crippen molar-refractivity contribution in [1.82, 2.24) is 4.90 Å². The van der Waals surface area contributed by atoms with Crippen LogP contribution in [0, 0.1) is 0 Å². The summed E-state index contributed by atoms with van der Waals surface area (Å²) < 4.78 is 34.9. The fourth-order valence-electron chi connectivity index (χ4n) is 4.03. The maximum Gasteiger partial charge on any atom is 0.231 e. The van der Waals surface area contributed by atoms with Gasteiger partial charge in [-0.1, -0.05) is 6.07 Å². The molecule has 5 nitrogen and oxygen atoms in total. The summed E-state index contributed by atoms with van der Waals surface area (Å²) in [6.45, 7) is 1.37. The third kappa shape index (κ3) is 2.59. The van der Waals surface area contributed by atoms with Gasteiger partial charge in [-0.15, -0.1) is 0 Å². The van der Waals surface area contributed by atoms with E-state index in [0.717, 1.165) is 35.6 Å². The number of rotatable bonds is 4. The molecule has 0 N–H and O–H groups in total. The van der Waals surface area contributed by atoms with Gasteiger partial charge < -0.3 is 23.8 Å². The molecular formula is C21H20FNO4. The smallest absolute Gasteiger partial charge is 0.231 e. The molecule has 2 aromatic carbocycles. The van der Waals surface area contributed by atoms with Gasteiger partial charge in [0.1, 0.15) is 13.3 Å². The monoisotopic (exact) mass is 369 g/mol. The van der Waals surface area contributed by atoms with Crippen LogP contribution >= 0.6 is 0 Å². The van der Waals surface area contributed by atoms with Gasteiger partial charge in [-0.25, -0.2) is 4.39 Å². The number of benzene rings is 2. The van der Waals surface area contributed by atoms with E-state index in [1.54, 1.807) is 7.11 Å². The topological polar surface area (TPSA) is 40.2 Å². The SMILES string of the molecule is COc1ccc2c(c1OCCF)CN1CCc3cc4c(cc3C1=C2)OCO4. The summed E-state index contributed by atoms with van der Waals surface area (Å²) in [6.07, 6.45) is 3.10. The van der Waals surface area contributed by atoms with E-state index < -0.39 is 6.67 Å². The minimum absolute atomic E-state index is 0.0235. The average Bonchev–Trinajstić information content (AvgIpc) is 3.16. The maximum absolute atomic E-state index is 12.7. The van der Waals surface area contributed by atoms with Crippen LogP contribution in [0.4, 0.5) is 4.39 Å². The molecule has 2 aromatic rings. The van der Waals surface area contributed by atoms with E-state index >= 15 is 0 Å². The lowest BCUT2D eigenvalue weighted by Gasteiger charge is -2.37. The minimum Gasteiger partial charge on any atom is -0.493 e. The van der Waals surface area contributed by atoms with Gasteiger partial charge >= 0.3 is 0 Å². The summed E-state index contributed by atoms with van der Waals surface area (Å²) >= 11 is 0. The molecule has 140 valence electrons. The molecule has 5 rings (SSSR count). The summed E-state index contributed by atoms with van der Waals surface area (Å²) in [7, 11) is 1.61. The quantitative estimate of drug-likeness (QED) is 0.823. The summed E-state index contributed by atoms with van der Waals surface area (Å²) in [5.74, 6) is 2.90. The fourth-order valence-corrected chi connectivity index (χ4v) is 4.03. The normalized spacial score (nSPS) is 16.2. The molecule has 0 bridgehead atoms. The minimum atomic E-state index is -0.530. The second-order valence-electron chi connectivity index (χ2n) is 6.77. The summed E-state index contributed by atoms with van der Waals surface area (Å²) in [5.41, 5.74) is 5.73. The molecule has 0 unspecified atom stereocenters.